The van der Waals surface area contributed by atoms with Gasteiger partial charge in [-0.05, 0) is 29.3 Å². The summed E-state index contributed by atoms with van der Waals surface area (Å²) < 4.78 is 19.0. The Bertz CT molecular complexity index is 633. The van der Waals surface area contributed by atoms with Crippen LogP contribution in [0.1, 0.15) is 17.2 Å². The summed E-state index contributed by atoms with van der Waals surface area (Å²) in [5.41, 5.74) is 1.66. The average Bonchev–Trinajstić information content (AvgIpc) is 2.49. The molecular weight excluding hydrogens is 337 g/mol. The van der Waals surface area contributed by atoms with Crippen molar-refractivity contribution in [1.82, 2.24) is 5.32 Å². The Kier molecular flexibility index (Phi) is 5.47. The number of benzene rings is 2. The number of carbonyl (C=O) groups excluding carboxylic acids is 1. The topological polar surface area (TPSA) is 38.3 Å². The van der Waals surface area contributed by atoms with Gasteiger partial charge in [0, 0.05) is 4.47 Å². The van der Waals surface area contributed by atoms with Gasteiger partial charge in [-0.2, -0.15) is 0 Å². The average molecular weight is 352 g/mol. The van der Waals surface area contributed by atoms with Gasteiger partial charge in [0.25, 0.3) is 0 Å². The summed E-state index contributed by atoms with van der Waals surface area (Å²) in [6.45, 7) is 0.0407. The van der Waals surface area contributed by atoms with E-state index in [-0.39, 0.29) is 24.4 Å². The number of carbonyl (C=O) groups is 1. The number of esters is 1. The van der Waals surface area contributed by atoms with Gasteiger partial charge in [-0.25, -0.2) is 4.39 Å². The van der Waals surface area contributed by atoms with Gasteiger partial charge < -0.3 is 4.74 Å². The van der Waals surface area contributed by atoms with Gasteiger partial charge in [0.2, 0.25) is 0 Å². The summed E-state index contributed by atoms with van der Waals surface area (Å²) in [6.07, 6.45) is 0. The zero-order chi connectivity index (χ0) is 15.2. The summed E-state index contributed by atoms with van der Waals surface area (Å²) in [7, 11) is 1.33. The molecule has 0 aliphatic heterocycles. The lowest BCUT2D eigenvalue weighted by atomic mass is 9.98. The molecule has 0 aromatic heterocycles. The van der Waals surface area contributed by atoms with Crippen molar-refractivity contribution in [1.29, 1.82) is 0 Å². The van der Waals surface area contributed by atoms with Crippen LogP contribution in [0.2, 0.25) is 0 Å². The highest BCUT2D eigenvalue weighted by atomic mass is 79.9. The fraction of sp³-hybridized carbons (Fsp3) is 0.188. The highest BCUT2D eigenvalue weighted by Gasteiger charge is 2.18. The maximum Gasteiger partial charge on any atom is 0.319 e. The van der Waals surface area contributed by atoms with E-state index >= 15 is 0 Å². The van der Waals surface area contributed by atoms with E-state index in [0.717, 1.165) is 15.6 Å². The smallest absolute Gasteiger partial charge is 0.319 e. The largest absolute Gasteiger partial charge is 0.468 e. The molecule has 3 nitrogen and oxygen atoms in total. The van der Waals surface area contributed by atoms with Crippen LogP contribution in [0.5, 0.6) is 0 Å². The van der Waals surface area contributed by atoms with Crippen LogP contribution in [0.15, 0.2) is 53.0 Å². The molecule has 5 heteroatoms. The monoisotopic (exact) mass is 351 g/mol. The molecule has 0 spiro atoms. The number of ether oxygens (including phenoxy) is 1. The van der Waals surface area contributed by atoms with E-state index in [9.17, 15) is 9.18 Å². The van der Waals surface area contributed by atoms with Crippen molar-refractivity contribution in [2.75, 3.05) is 13.7 Å². The number of nitrogens with one attached hydrogen (secondary N) is 1. The van der Waals surface area contributed by atoms with Crippen LogP contribution in [0.25, 0.3) is 0 Å². The second kappa shape index (κ2) is 7.33. The van der Waals surface area contributed by atoms with Gasteiger partial charge in [0.05, 0.1) is 19.7 Å². The zero-order valence-corrected chi connectivity index (χ0v) is 13.1. The lowest BCUT2D eigenvalue weighted by Gasteiger charge is -2.20. The van der Waals surface area contributed by atoms with Crippen LogP contribution in [-0.4, -0.2) is 19.6 Å². The predicted molar refractivity (Wildman–Crippen MR) is 82.4 cm³/mol. The van der Waals surface area contributed by atoms with Gasteiger partial charge in [-0.15, -0.1) is 0 Å². The fourth-order valence-electron chi connectivity index (χ4n) is 2.06. The minimum Gasteiger partial charge on any atom is -0.468 e. The highest BCUT2D eigenvalue weighted by molar-refractivity contribution is 9.10. The van der Waals surface area contributed by atoms with E-state index in [2.05, 4.69) is 26.0 Å². The molecule has 0 aliphatic rings. The van der Waals surface area contributed by atoms with Gasteiger partial charge in [0.15, 0.2) is 0 Å². The van der Waals surface area contributed by atoms with Crippen molar-refractivity contribution < 1.29 is 13.9 Å². The maximum absolute atomic E-state index is 13.5. The molecule has 1 atom stereocenters. The SMILES string of the molecule is COC(=O)CNC(c1cccc(F)c1)c1ccccc1Br. The van der Waals surface area contributed by atoms with E-state index < -0.39 is 0 Å². The van der Waals surface area contributed by atoms with Crippen molar-refractivity contribution >= 4 is 21.9 Å². The Morgan fingerprint density at radius 2 is 2.05 bits per heavy atom. The third-order valence-electron chi connectivity index (χ3n) is 3.08. The Balaban J connectivity index is 2.35. The number of hydrogen-bond donors (Lipinski definition) is 1. The fourth-order valence-corrected chi connectivity index (χ4v) is 2.57. The molecule has 0 aliphatic carbocycles. The summed E-state index contributed by atoms with van der Waals surface area (Å²) >= 11 is 3.49. The summed E-state index contributed by atoms with van der Waals surface area (Å²) in [5.74, 6) is -0.687. The predicted octanol–water partition coefficient (Wildman–Crippen LogP) is 3.44. The quantitative estimate of drug-likeness (QED) is 0.838. The molecule has 0 radical (unpaired) electrons. The molecule has 0 fully saturated rings. The van der Waals surface area contributed by atoms with Crippen LogP contribution in [-0.2, 0) is 9.53 Å². The first-order valence-corrected chi connectivity index (χ1v) is 7.21. The molecule has 1 N–H and O–H groups in total. The Hall–Kier alpha value is -1.72. The van der Waals surface area contributed by atoms with E-state index in [1.165, 1.54) is 19.2 Å². The number of rotatable bonds is 5. The highest BCUT2D eigenvalue weighted by Crippen LogP contribution is 2.28. The number of halogens is 2. The van der Waals surface area contributed by atoms with Crippen LogP contribution in [0.4, 0.5) is 4.39 Å². The van der Waals surface area contributed by atoms with Gasteiger partial charge in [-0.1, -0.05) is 46.3 Å². The minimum atomic E-state index is -0.372. The first kappa shape index (κ1) is 15.7. The van der Waals surface area contributed by atoms with E-state index in [0.29, 0.717) is 0 Å². The molecular formula is C16H15BrFNO2. The third kappa shape index (κ3) is 4.12. The Morgan fingerprint density at radius 3 is 2.71 bits per heavy atom. The Morgan fingerprint density at radius 1 is 1.29 bits per heavy atom. The van der Waals surface area contributed by atoms with Crippen LogP contribution in [0, 0.1) is 5.82 Å². The van der Waals surface area contributed by atoms with E-state index in [1.807, 2.05) is 30.3 Å². The molecule has 0 saturated heterocycles. The standard InChI is InChI=1S/C16H15BrFNO2/c1-21-15(20)10-19-16(11-5-4-6-12(18)9-11)13-7-2-3-8-14(13)17/h2-9,16,19H,10H2,1H3. The second-order valence-corrected chi connectivity index (χ2v) is 5.32. The van der Waals surface area contributed by atoms with Crippen molar-refractivity contribution in [3.63, 3.8) is 0 Å². The van der Waals surface area contributed by atoms with Gasteiger partial charge in [-0.3, -0.25) is 10.1 Å². The van der Waals surface area contributed by atoms with Gasteiger partial charge >= 0.3 is 5.97 Å². The molecule has 0 amide bonds. The third-order valence-corrected chi connectivity index (χ3v) is 3.80. The van der Waals surface area contributed by atoms with Crippen LogP contribution >= 0.6 is 15.9 Å². The van der Waals surface area contributed by atoms with Crippen molar-refractivity contribution in [2.45, 2.75) is 6.04 Å². The molecule has 0 saturated carbocycles. The van der Waals surface area contributed by atoms with Crippen molar-refractivity contribution in [3.05, 3.63) is 69.9 Å². The van der Waals surface area contributed by atoms with Gasteiger partial charge in [0.1, 0.15) is 5.82 Å². The first-order valence-electron chi connectivity index (χ1n) is 6.42. The molecule has 0 heterocycles. The minimum absolute atomic E-state index is 0.0407. The Labute approximate surface area is 131 Å². The second-order valence-electron chi connectivity index (χ2n) is 4.47. The van der Waals surface area contributed by atoms with E-state index in [1.54, 1.807) is 6.07 Å². The number of methoxy groups -OCH3 is 1. The maximum atomic E-state index is 13.5. The molecule has 2 rings (SSSR count). The first-order chi connectivity index (χ1) is 10.1. The molecule has 0 bridgehead atoms. The molecule has 110 valence electrons. The van der Waals surface area contributed by atoms with Crippen molar-refractivity contribution in [3.8, 4) is 0 Å². The lowest BCUT2D eigenvalue weighted by Crippen LogP contribution is -2.29. The van der Waals surface area contributed by atoms with Crippen molar-refractivity contribution in [2.24, 2.45) is 0 Å². The molecule has 1 unspecified atom stereocenters. The molecule has 21 heavy (non-hydrogen) atoms. The molecule has 2 aromatic rings. The zero-order valence-electron chi connectivity index (χ0n) is 11.5. The lowest BCUT2D eigenvalue weighted by molar-refractivity contribution is -0.139. The summed E-state index contributed by atoms with van der Waals surface area (Å²) in [5, 5.41) is 3.10. The number of hydrogen-bond acceptors (Lipinski definition) is 3. The molecule has 2 aromatic carbocycles. The summed E-state index contributed by atoms with van der Waals surface area (Å²) in [4.78, 5) is 11.4. The summed E-state index contributed by atoms with van der Waals surface area (Å²) in [6, 6.07) is 13.6. The van der Waals surface area contributed by atoms with Crippen LogP contribution < -0.4 is 5.32 Å². The normalized spacial score (nSPS) is 12.0. The van der Waals surface area contributed by atoms with E-state index in [4.69, 9.17) is 0 Å². The van der Waals surface area contributed by atoms with Crippen LogP contribution in [0.3, 0.4) is 0 Å².